The van der Waals surface area contributed by atoms with E-state index >= 15 is 0 Å². The number of nitrogens with zero attached hydrogens (tertiary/aromatic N) is 7. The SMILES string of the molecule is CC(=O)N1CCC(n2cc(-c3cnc(-c4cccc(-c5cnn(C)c5)c4)nc3)cn2)C(F)C1. The fraction of sp³-hybridized carbons (Fsp3) is 0.292. The topological polar surface area (TPSA) is 81.7 Å². The number of alkyl halides is 1. The summed E-state index contributed by atoms with van der Waals surface area (Å²) in [4.78, 5) is 22.1. The molecule has 0 saturated carbocycles. The molecule has 0 bridgehead atoms. The summed E-state index contributed by atoms with van der Waals surface area (Å²) < 4.78 is 18.1. The molecule has 4 heterocycles. The molecule has 1 aliphatic heterocycles. The van der Waals surface area contributed by atoms with Crippen LogP contribution >= 0.6 is 0 Å². The zero-order valence-corrected chi connectivity index (χ0v) is 18.5. The summed E-state index contributed by atoms with van der Waals surface area (Å²) in [5.74, 6) is 0.526. The van der Waals surface area contributed by atoms with Crippen molar-refractivity contribution in [3.8, 4) is 33.6 Å². The number of amides is 1. The van der Waals surface area contributed by atoms with Gasteiger partial charge in [0.05, 0.1) is 25.0 Å². The number of aromatic nitrogens is 6. The zero-order valence-electron chi connectivity index (χ0n) is 18.5. The minimum absolute atomic E-state index is 0.0968. The quantitative estimate of drug-likeness (QED) is 0.480. The van der Waals surface area contributed by atoms with Gasteiger partial charge >= 0.3 is 0 Å². The molecule has 168 valence electrons. The van der Waals surface area contributed by atoms with Crippen molar-refractivity contribution in [2.45, 2.75) is 25.6 Å². The fourth-order valence-corrected chi connectivity index (χ4v) is 4.18. The van der Waals surface area contributed by atoms with E-state index in [2.05, 4.69) is 20.2 Å². The van der Waals surface area contributed by atoms with Gasteiger partial charge in [0.15, 0.2) is 5.82 Å². The molecule has 9 heteroatoms. The molecule has 1 aliphatic rings. The van der Waals surface area contributed by atoms with E-state index in [1.54, 1.807) is 32.9 Å². The smallest absolute Gasteiger partial charge is 0.219 e. The second-order valence-electron chi connectivity index (χ2n) is 8.32. The van der Waals surface area contributed by atoms with Crippen molar-refractivity contribution in [1.29, 1.82) is 0 Å². The number of piperidine rings is 1. The average molecular weight is 446 g/mol. The van der Waals surface area contributed by atoms with E-state index < -0.39 is 6.17 Å². The molecule has 0 radical (unpaired) electrons. The highest BCUT2D eigenvalue weighted by molar-refractivity contribution is 5.73. The molecule has 1 aromatic carbocycles. The van der Waals surface area contributed by atoms with Gasteiger partial charge in [0.2, 0.25) is 5.91 Å². The first-order valence-electron chi connectivity index (χ1n) is 10.8. The molecule has 2 atom stereocenters. The molecule has 1 saturated heterocycles. The molecular formula is C24H24FN7O. The first-order valence-corrected chi connectivity index (χ1v) is 10.8. The second-order valence-corrected chi connectivity index (χ2v) is 8.32. The fourth-order valence-electron chi connectivity index (χ4n) is 4.18. The van der Waals surface area contributed by atoms with Crippen LogP contribution in [0.5, 0.6) is 0 Å². The molecule has 1 fully saturated rings. The zero-order chi connectivity index (χ0) is 22.9. The maximum Gasteiger partial charge on any atom is 0.219 e. The molecule has 4 aromatic rings. The second kappa shape index (κ2) is 8.57. The summed E-state index contributed by atoms with van der Waals surface area (Å²) in [5, 5.41) is 8.60. The highest BCUT2D eigenvalue weighted by atomic mass is 19.1. The molecule has 0 N–H and O–H groups in total. The van der Waals surface area contributed by atoms with Gasteiger partial charge in [0, 0.05) is 67.6 Å². The number of aryl methyl sites for hydroxylation is 1. The van der Waals surface area contributed by atoms with Crippen LogP contribution in [-0.4, -0.2) is 59.6 Å². The minimum Gasteiger partial charge on any atom is -0.340 e. The summed E-state index contributed by atoms with van der Waals surface area (Å²) >= 11 is 0. The van der Waals surface area contributed by atoms with Crippen LogP contribution in [0.3, 0.4) is 0 Å². The van der Waals surface area contributed by atoms with Crippen LogP contribution in [-0.2, 0) is 11.8 Å². The highest BCUT2D eigenvalue weighted by Crippen LogP contribution is 2.28. The van der Waals surface area contributed by atoms with Crippen LogP contribution in [0.15, 0.2) is 61.4 Å². The third-order valence-corrected chi connectivity index (χ3v) is 6.04. The third kappa shape index (κ3) is 4.26. The molecule has 3 aromatic heterocycles. The first kappa shape index (κ1) is 21.0. The van der Waals surface area contributed by atoms with Gasteiger partial charge in [-0.2, -0.15) is 10.2 Å². The number of carbonyl (C=O) groups is 1. The van der Waals surface area contributed by atoms with Gasteiger partial charge in [-0.25, -0.2) is 14.4 Å². The number of rotatable bonds is 4. The van der Waals surface area contributed by atoms with Crippen molar-refractivity contribution in [3.05, 3.63) is 61.4 Å². The first-order chi connectivity index (χ1) is 16.0. The Morgan fingerprint density at radius 1 is 0.970 bits per heavy atom. The largest absolute Gasteiger partial charge is 0.340 e. The van der Waals surface area contributed by atoms with Gasteiger partial charge in [-0.3, -0.25) is 14.2 Å². The number of hydrogen-bond acceptors (Lipinski definition) is 5. The predicted octanol–water partition coefficient (Wildman–Crippen LogP) is 3.54. The third-order valence-electron chi connectivity index (χ3n) is 6.04. The Kier molecular flexibility index (Phi) is 5.45. The van der Waals surface area contributed by atoms with E-state index in [4.69, 9.17) is 0 Å². The summed E-state index contributed by atoms with van der Waals surface area (Å²) in [6, 6.07) is 7.64. The Balaban J connectivity index is 1.33. The lowest BCUT2D eigenvalue weighted by Crippen LogP contribution is -2.44. The van der Waals surface area contributed by atoms with E-state index in [1.807, 2.05) is 49.9 Å². The summed E-state index contributed by atoms with van der Waals surface area (Å²) in [5.41, 5.74) is 4.63. The Bertz CT molecular complexity index is 1280. The van der Waals surface area contributed by atoms with Gasteiger partial charge in [-0.1, -0.05) is 18.2 Å². The monoisotopic (exact) mass is 445 g/mol. The number of halogens is 1. The van der Waals surface area contributed by atoms with Crippen LogP contribution < -0.4 is 0 Å². The van der Waals surface area contributed by atoms with Crippen molar-refractivity contribution in [2.75, 3.05) is 13.1 Å². The van der Waals surface area contributed by atoms with Crippen molar-refractivity contribution >= 4 is 5.91 Å². The van der Waals surface area contributed by atoms with Crippen LogP contribution in [0.4, 0.5) is 4.39 Å². The summed E-state index contributed by atoms with van der Waals surface area (Å²) in [6.07, 6.45) is 10.2. The lowest BCUT2D eigenvalue weighted by Gasteiger charge is -2.34. The standard InChI is InChI=1S/C24H24FN7O/c1-16(33)31-7-6-23(22(25)15-31)32-14-21(12-29-32)19-9-26-24(27-10-19)18-5-3-4-17(8-18)20-11-28-30(2)13-20/h3-5,8-14,22-23H,6-7,15H2,1-2H3. The van der Waals surface area contributed by atoms with Gasteiger partial charge in [-0.05, 0) is 18.1 Å². The number of hydrogen-bond donors (Lipinski definition) is 0. The minimum atomic E-state index is -1.15. The van der Waals surface area contributed by atoms with Gasteiger partial charge in [-0.15, -0.1) is 0 Å². The van der Waals surface area contributed by atoms with Gasteiger partial charge in [0.25, 0.3) is 0 Å². The molecule has 2 unspecified atom stereocenters. The Morgan fingerprint density at radius 2 is 1.70 bits per heavy atom. The average Bonchev–Trinajstić information content (AvgIpc) is 3.49. The lowest BCUT2D eigenvalue weighted by molar-refractivity contribution is -0.131. The number of benzene rings is 1. The van der Waals surface area contributed by atoms with E-state index in [0.29, 0.717) is 18.8 Å². The molecule has 1 amide bonds. The van der Waals surface area contributed by atoms with E-state index in [1.165, 1.54) is 6.92 Å². The maximum atomic E-state index is 14.7. The lowest BCUT2D eigenvalue weighted by atomic mass is 10.0. The molecule has 0 aliphatic carbocycles. The Hall–Kier alpha value is -3.88. The van der Waals surface area contributed by atoms with Crippen LogP contribution in [0.25, 0.3) is 33.6 Å². The molecule has 8 nitrogen and oxygen atoms in total. The normalized spacial score (nSPS) is 18.5. The number of carbonyl (C=O) groups excluding carboxylic acids is 1. The predicted molar refractivity (Wildman–Crippen MR) is 122 cm³/mol. The van der Waals surface area contributed by atoms with E-state index in [9.17, 15) is 9.18 Å². The Morgan fingerprint density at radius 3 is 2.39 bits per heavy atom. The maximum absolute atomic E-state index is 14.7. The van der Waals surface area contributed by atoms with Crippen molar-refractivity contribution in [1.82, 2.24) is 34.4 Å². The van der Waals surface area contributed by atoms with Crippen molar-refractivity contribution in [2.24, 2.45) is 7.05 Å². The van der Waals surface area contributed by atoms with Crippen LogP contribution in [0.2, 0.25) is 0 Å². The highest BCUT2D eigenvalue weighted by Gasteiger charge is 2.32. The van der Waals surface area contributed by atoms with Crippen LogP contribution in [0.1, 0.15) is 19.4 Å². The van der Waals surface area contributed by atoms with Crippen LogP contribution in [0, 0.1) is 0 Å². The Labute approximate surface area is 190 Å². The van der Waals surface area contributed by atoms with Gasteiger partial charge < -0.3 is 4.90 Å². The van der Waals surface area contributed by atoms with Crippen molar-refractivity contribution < 1.29 is 9.18 Å². The molecule has 0 spiro atoms. The summed E-state index contributed by atoms with van der Waals surface area (Å²) in [6.45, 7) is 2.11. The van der Waals surface area contributed by atoms with Gasteiger partial charge in [0.1, 0.15) is 6.17 Å². The molecular weight excluding hydrogens is 421 g/mol. The summed E-state index contributed by atoms with van der Waals surface area (Å²) in [7, 11) is 1.89. The van der Waals surface area contributed by atoms with Crippen molar-refractivity contribution in [3.63, 3.8) is 0 Å². The van der Waals surface area contributed by atoms with E-state index in [0.717, 1.165) is 27.8 Å². The number of likely N-dealkylation sites (tertiary alicyclic amines) is 1. The molecule has 33 heavy (non-hydrogen) atoms. The van der Waals surface area contributed by atoms with E-state index in [-0.39, 0.29) is 18.5 Å². The molecule has 5 rings (SSSR count).